The Morgan fingerprint density at radius 3 is 2.40 bits per heavy atom. The first-order valence-electron chi connectivity index (χ1n) is 8.91. The van der Waals surface area contributed by atoms with Crippen molar-refractivity contribution in [2.24, 2.45) is 5.92 Å². The van der Waals surface area contributed by atoms with Crippen LogP contribution < -0.4 is 10.1 Å². The van der Waals surface area contributed by atoms with Crippen molar-refractivity contribution in [3.63, 3.8) is 0 Å². The van der Waals surface area contributed by atoms with Gasteiger partial charge in [-0.2, -0.15) is 4.31 Å². The summed E-state index contributed by atoms with van der Waals surface area (Å²) >= 11 is 0. The standard InChI is InChI=1S/C18H28N2O4S/c1-5-20(6-2)25(22,23)15-10-11-17(24-13(3)4)16(12-15)19-18(21)14-8-7-9-14/h10-14H,5-9H2,1-4H3,(H,19,21). The van der Waals surface area contributed by atoms with Crippen LogP contribution in [-0.4, -0.2) is 37.8 Å². The van der Waals surface area contributed by atoms with Crippen molar-refractivity contribution in [3.05, 3.63) is 18.2 Å². The second-order valence-electron chi connectivity index (χ2n) is 6.53. The normalized spacial score (nSPS) is 15.3. The van der Waals surface area contributed by atoms with Crippen LogP contribution in [-0.2, 0) is 14.8 Å². The fourth-order valence-corrected chi connectivity index (χ4v) is 4.23. The second kappa shape index (κ2) is 8.19. The number of benzene rings is 1. The molecule has 0 unspecified atom stereocenters. The molecule has 2 rings (SSSR count). The molecule has 0 atom stereocenters. The van der Waals surface area contributed by atoms with E-state index in [1.54, 1.807) is 19.9 Å². The van der Waals surface area contributed by atoms with Gasteiger partial charge >= 0.3 is 0 Å². The van der Waals surface area contributed by atoms with E-state index in [1.807, 2.05) is 13.8 Å². The van der Waals surface area contributed by atoms with Crippen LogP contribution in [0.4, 0.5) is 5.69 Å². The van der Waals surface area contributed by atoms with Crippen molar-refractivity contribution in [1.29, 1.82) is 0 Å². The van der Waals surface area contributed by atoms with Crippen molar-refractivity contribution in [1.82, 2.24) is 4.31 Å². The number of anilines is 1. The second-order valence-corrected chi connectivity index (χ2v) is 8.47. The third kappa shape index (κ3) is 4.52. The predicted molar refractivity (Wildman–Crippen MR) is 98.3 cm³/mol. The van der Waals surface area contributed by atoms with Gasteiger partial charge in [0.25, 0.3) is 0 Å². The van der Waals surface area contributed by atoms with Gasteiger partial charge in [0.15, 0.2) is 0 Å². The van der Waals surface area contributed by atoms with E-state index in [0.29, 0.717) is 24.5 Å². The highest BCUT2D eigenvalue weighted by molar-refractivity contribution is 7.89. The van der Waals surface area contributed by atoms with Gasteiger partial charge < -0.3 is 10.1 Å². The van der Waals surface area contributed by atoms with Gasteiger partial charge in [0.2, 0.25) is 15.9 Å². The molecule has 0 aliphatic heterocycles. The molecule has 1 fully saturated rings. The van der Waals surface area contributed by atoms with Crippen molar-refractivity contribution in [2.75, 3.05) is 18.4 Å². The molecule has 1 aliphatic carbocycles. The van der Waals surface area contributed by atoms with Crippen LogP contribution in [0.15, 0.2) is 23.1 Å². The molecule has 6 nitrogen and oxygen atoms in total. The quantitative estimate of drug-likeness (QED) is 0.764. The number of carbonyl (C=O) groups excluding carboxylic acids is 1. The minimum atomic E-state index is -3.59. The Kier molecular flexibility index (Phi) is 6.46. The Hall–Kier alpha value is -1.60. The Balaban J connectivity index is 2.37. The highest BCUT2D eigenvalue weighted by atomic mass is 32.2. The Morgan fingerprint density at radius 1 is 1.28 bits per heavy atom. The smallest absolute Gasteiger partial charge is 0.243 e. The van der Waals surface area contributed by atoms with E-state index in [9.17, 15) is 13.2 Å². The van der Waals surface area contributed by atoms with Crippen LogP contribution in [0, 0.1) is 5.92 Å². The molecule has 1 amide bonds. The molecule has 7 heteroatoms. The predicted octanol–water partition coefficient (Wildman–Crippen LogP) is 3.24. The van der Waals surface area contributed by atoms with Crippen molar-refractivity contribution < 1.29 is 17.9 Å². The van der Waals surface area contributed by atoms with Crippen molar-refractivity contribution >= 4 is 21.6 Å². The van der Waals surface area contributed by atoms with Crippen molar-refractivity contribution in [2.45, 2.75) is 58.0 Å². The molecular formula is C18H28N2O4S. The molecule has 0 heterocycles. The summed E-state index contributed by atoms with van der Waals surface area (Å²) in [5.41, 5.74) is 0.416. The van der Waals surface area contributed by atoms with E-state index in [0.717, 1.165) is 19.3 Å². The zero-order valence-electron chi connectivity index (χ0n) is 15.4. The molecule has 1 saturated carbocycles. The number of hydrogen-bond donors (Lipinski definition) is 1. The number of rotatable bonds is 8. The molecular weight excluding hydrogens is 340 g/mol. The van der Waals surface area contributed by atoms with E-state index in [2.05, 4.69) is 5.32 Å². The topological polar surface area (TPSA) is 75.7 Å². The lowest BCUT2D eigenvalue weighted by molar-refractivity contribution is -0.122. The lowest BCUT2D eigenvalue weighted by Crippen LogP contribution is -2.31. The van der Waals surface area contributed by atoms with Gasteiger partial charge in [-0.05, 0) is 44.9 Å². The van der Waals surface area contributed by atoms with Gasteiger partial charge in [-0.25, -0.2) is 8.42 Å². The Labute approximate surface area is 150 Å². The molecule has 0 saturated heterocycles. The zero-order chi connectivity index (χ0) is 18.6. The summed E-state index contributed by atoms with van der Waals surface area (Å²) in [7, 11) is -3.59. The molecule has 1 N–H and O–H groups in total. The van der Waals surface area contributed by atoms with Crippen LogP contribution in [0.2, 0.25) is 0 Å². The maximum atomic E-state index is 12.7. The summed E-state index contributed by atoms with van der Waals surface area (Å²) < 4.78 is 32.6. The summed E-state index contributed by atoms with van der Waals surface area (Å²) in [6, 6.07) is 4.65. The number of carbonyl (C=O) groups is 1. The van der Waals surface area contributed by atoms with Gasteiger partial charge in [-0.1, -0.05) is 20.3 Å². The zero-order valence-corrected chi connectivity index (χ0v) is 16.2. The van der Waals surface area contributed by atoms with Crippen LogP contribution in [0.5, 0.6) is 5.75 Å². The largest absolute Gasteiger partial charge is 0.489 e. The minimum Gasteiger partial charge on any atom is -0.489 e. The number of amides is 1. The minimum absolute atomic E-state index is 0.00921. The van der Waals surface area contributed by atoms with E-state index in [4.69, 9.17) is 4.74 Å². The van der Waals surface area contributed by atoms with Crippen molar-refractivity contribution in [3.8, 4) is 5.75 Å². The van der Waals surface area contributed by atoms with Crippen LogP contribution >= 0.6 is 0 Å². The fourth-order valence-electron chi connectivity index (χ4n) is 2.74. The summed E-state index contributed by atoms with van der Waals surface area (Å²) in [5, 5.41) is 2.86. The average Bonchev–Trinajstić information content (AvgIpc) is 2.47. The molecule has 140 valence electrons. The lowest BCUT2D eigenvalue weighted by Gasteiger charge is -2.25. The number of nitrogens with zero attached hydrogens (tertiary/aromatic N) is 1. The van der Waals surface area contributed by atoms with Gasteiger partial charge in [0.05, 0.1) is 16.7 Å². The van der Waals surface area contributed by atoms with E-state index < -0.39 is 10.0 Å². The summed E-state index contributed by atoms with van der Waals surface area (Å²) in [6.07, 6.45) is 2.74. The van der Waals surface area contributed by atoms with Crippen LogP contribution in [0.3, 0.4) is 0 Å². The van der Waals surface area contributed by atoms with Gasteiger partial charge in [-0.3, -0.25) is 4.79 Å². The average molecular weight is 368 g/mol. The highest BCUT2D eigenvalue weighted by Gasteiger charge is 2.27. The first-order chi connectivity index (χ1) is 11.8. The van der Waals surface area contributed by atoms with Gasteiger partial charge in [0, 0.05) is 19.0 Å². The summed E-state index contributed by atoms with van der Waals surface area (Å²) in [6.45, 7) is 8.17. The van der Waals surface area contributed by atoms with E-state index >= 15 is 0 Å². The molecule has 1 aromatic rings. The number of hydrogen-bond acceptors (Lipinski definition) is 4. The number of nitrogens with one attached hydrogen (secondary N) is 1. The number of ether oxygens (including phenoxy) is 1. The Bertz CT molecular complexity index is 708. The monoisotopic (exact) mass is 368 g/mol. The maximum Gasteiger partial charge on any atom is 0.243 e. The third-order valence-electron chi connectivity index (χ3n) is 4.39. The molecule has 1 aliphatic rings. The molecule has 0 spiro atoms. The third-order valence-corrected chi connectivity index (χ3v) is 6.44. The number of sulfonamides is 1. The summed E-state index contributed by atoms with van der Waals surface area (Å²) in [5.74, 6) is 0.424. The maximum absolute atomic E-state index is 12.7. The van der Waals surface area contributed by atoms with Crippen LogP contribution in [0.25, 0.3) is 0 Å². The molecule has 0 radical (unpaired) electrons. The molecule has 0 bridgehead atoms. The first kappa shape index (κ1) is 19.7. The highest BCUT2D eigenvalue weighted by Crippen LogP contribution is 2.33. The summed E-state index contributed by atoms with van der Waals surface area (Å²) in [4.78, 5) is 12.5. The first-order valence-corrected chi connectivity index (χ1v) is 10.3. The SMILES string of the molecule is CCN(CC)S(=O)(=O)c1ccc(OC(C)C)c(NC(=O)C2CCC2)c1. The fraction of sp³-hybridized carbons (Fsp3) is 0.611. The van der Waals surface area contributed by atoms with Gasteiger partial charge in [0.1, 0.15) is 5.75 Å². The lowest BCUT2D eigenvalue weighted by atomic mass is 9.85. The van der Waals surface area contributed by atoms with E-state index in [-0.39, 0.29) is 22.8 Å². The molecule has 1 aromatic carbocycles. The molecule has 0 aromatic heterocycles. The van der Waals surface area contributed by atoms with Crippen LogP contribution in [0.1, 0.15) is 47.0 Å². The molecule has 25 heavy (non-hydrogen) atoms. The van der Waals surface area contributed by atoms with Gasteiger partial charge in [-0.15, -0.1) is 0 Å². The Morgan fingerprint density at radius 2 is 1.92 bits per heavy atom. The van der Waals surface area contributed by atoms with E-state index in [1.165, 1.54) is 16.4 Å².